The van der Waals surface area contributed by atoms with Crippen molar-refractivity contribution in [3.63, 3.8) is 0 Å². The van der Waals surface area contributed by atoms with Gasteiger partial charge in [-0.1, -0.05) is 301 Å². The molecule has 0 unspecified atom stereocenters. The molecule has 1 fully saturated rings. The molecule has 0 atom stereocenters. The Bertz CT molecular complexity index is 6160. The van der Waals surface area contributed by atoms with E-state index in [0.29, 0.717) is 5.82 Å². The van der Waals surface area contributed by atoms with Crippen LogP contribution in [0.4, 0.5) is 0 Å². The van der Waals surface area contributed by atoms with Crippen LogP contribution in [0.3, 0.4) is 0 Å². The number of hydrogen-bond donors (Lipinski definition) is 0. The zero-order valence-corrected chi connectivity index (χ0v) is 60.3. The largest absolute Gasteiger partial charge is 0.494 e. The maximum Gasteiger partial charge on any atom is 0.494 e. The standard InChI is InChI=1S/C44H28N4.C26H17BrN2.C24H23BN2O2/c1-3-10-30(11-4-1)40-28-41(48-44(47-40)34-12-5-2-6-13-34)38-25-24-35(36-15-7-8-16-37(36)38)29-17-19-31(20-18-29)39-26-23-33-22-21-32-14-9-27-45-42(32)43(33)46-39;27-23-16-15-22(20-13-7-8-14-21(20)23)25-17-24(18-9-3-1-4-10-18)28-26(29-25)19-11-5-2-6-12-19;1-23(2)24(3,4)29-25(28-23)19-12-9-16(10-13-19)20-14-11-18-8-7-17-6-5-15-26-21(17)22(18)27-20/h1-28H;1-17H;5-15H,1-4H3. The molecule has 0 aliphatic carbocycles. The summed E-state index contributed by atoms with van der Waals surface area (Å²) in [6, 6.07) is 112. The second-order valence-electron chi connectivity index (χ2n) is 27.3. The minimum Gasteiger partial charge on any atom is -0.399 e. The van der Waals surface area contributed by atoms with Crippen molar-refractivity contribution in [3.8, 4) is 101 Å². The van der Waals surface area contributed by atoms with Gasteiger partial charge in [0.2, 0.25) is 0 Å². The van der Waals surface area contributed by atoms with E-state index in [0.717, 1.165) is 149 Å². The summed E-state index contributed by atoms with van der Waals surface area (Å²) in [5.74, 6) is 1.44. The van der Waals surface area contributed by atoms with Gasteiger partial charge in [0.05, 0.1) is 67.4 Å². The Hall–Kier alpha value is -12.6. The molecule has 0 bridgehead atoms. The van der Waals surface area contributed by atoms with Crippen LogP contribution in [0.2, 0.25) is 0 Å². The van der Waals surface area contributed by atoms with Crippen molar-refractivity contribution in [1.29, 1.82) is 0 Å². The predicted molar refractivity (Wildman–Crippen MR) is 439 cm³/mol. The van der Waals surface area contributed by atoms with E-state index >= 15 is 0 Å². The molecule has 106 heavy (non-hydrogen) atoms. The molecule has 0 N–H and O–H groups in total. The molecule has 0 amide bonds. The van der Waals surface area contributed by atoms with Gasteiger partial charge in [0.1, 0.15) is 0 Å². The van der Waals surface area contributed by atoms with Crippen LogP contribution in [0, 0.1) is 0 Å². The lowest BCUT2D eigenvalue weighted by atomic mass is 9.79. The average molecular weight is 1430 g/mol. The van der Waals surface area contributed by atoms with E-state index in [9.17, 15) is 0 Å². The fourth-order valence-electron chi connectivity index (χ4n) is 13.8. The van der Waals surface area contributed by atoms with Gasteiger partial charge in [0.25, 0.3) is 0 Å². The predicted octanol–water partition coefficient (Wildman–Crippen LogP) is 23.2. The fourth-order valence-corrected chi connectivity index (χ4v) is 14.2. The van der Waals surface area contributed by atoms with E-state index in [2.05, 4.69) is 284 Å². The van der Waals surface area contributed by atoms with E-state index in [1.807, 2.05) is 109 Å². The topological polar surface area (TPSA) is 122 Å². The summed E-state index contributed by atoms with van der Waals surface area (Å²) < 4.78 is 13.4. The third-order valence-corrected chi connectivity index (χ3v) is 20.8. The summed E-state index contributed by atoms with van der Waals surface area (Å²) in [5.41, 5.74) is 20.3. The van der Waals surface area contributed by atoms with Gasteiger partial charge in [-0.25, -0.2) is 29.9 Å². The first-order chi connectivity index (χ1) is 51.9. The highest BCUT2D eigenvalue weighted by atomic mass is 79.9. The highest BCUT2D eigenvalue weighted by molar-refractivity contribution is 9.10. The van der Waals surface area contributed by atoms with Gasteiger partial charge in [-0.05, 0) is 108 Å². The summed E-state index contributed by atoms with van der Waals surface area (Å²) in [6.45, 7) is 8.27. The molecule has 1 aliphatic rings. The van der Waals surface area contributed by atoms with Crippen molar-refractivity contribution in [1.82, 2.24) is 39.9 Å². The Kier molecular flexibility index (Phi) is 18.0. The Labute approximate surface area is 623 Å². The molecule has 18 aromatic rings. The highest BCUT2D eigenvalue weighted by Crippen LogP contribution is 2.41. The van der Waals surface area contributed by atoms with Gasteiger partial charge in [-0.3, -0.25) is 9.97 Å². The second kappa shape index (κ2) is 28.6. The van der Waals surface area contributed by atoms with Crippen LogP contribution in [0.5, 0.6) is 0 Å². The van der Waals surface area contributed by atoms with Crippen molar-refractivity contribution in [3.05, 3.63) is 344 Å². The zero-order chi connectivity index (χ0) is 71.7. The average Bonchev–Trinajstić information content (AvgIpc) is 0.963. The number of halogens is 1. The number of nitrogens with zero attached hydrogens (tertiary/aromatic N) is 8. The van der Waals surface area contributed by atoms with Gasteiger partial charge < -0.3 is 9.31 Å². The summed E-state index contributed by atoms with van der Waals surface area (Å²) in [6.07, 6.45) is 3.64. The molecule has 0 spiro atoms. The molecule has 0 saturated carbocycles. The van der Waals surface area contributed by atoms with Gasteiger partial charge in [0.15, 0.2) is 11.6 Å². The Morgan fingerprint density at radius 1 is 0.264 bits per heavy atom. The van der Waals surface area contributed by atoms with Crippen LogP contribution in [0.15, 0.2) is 344 Å². The molecule has 12 aromatic carbocycles. The number of pyridine rings is 4. The van der Waals surface area contributed by atoms with Crippen LogP contribution in [0.1, 0.15) is 27.7 Å². The van der Waals surface area contributed by atoms with Crippen molar-refractivity contribution in [2.75, 3.05) is 0 Å². The van der Waals surface area contributed by atoms with Crippen molar-refractivity contribution < 1.29 is 9.31 Å². The first kappa shape index (κ1) is 66.7. The highest BCUT2D eigenvalue weighted by Gasteiger charge is 2.51. The monoisotopic (exact) mass is 1430 g/mol. The lowest BCUT2D eigenvalue weighted by molar-refractivity contribution is 0.00578. The maximum atomic E-state index is 6.16. The molecule has 12 heteroatoms. The summed E-state index contributed by atoms with van der Waals surface area (Å²) in [7, 11) is -0.355. The quantitative estimate of drug-likeness (QED) is 0.0966. The van der Waals surface area contributed by atoms with E-state index < -0.39 is 0 Å². The second-order valence-corrected chi connectivity index (χ2v) is 28.2. The van der Waals surface area contributed by atoms with E-state index in [4.69, 9.17) is 39.2 Å². The molecule has 10 nitrogen and oxygen atoms in total. The van der Waals surface area contributed by atoms with Crippen molar-refractivity contribution >= 4 is 93.7 Å². The normalized spacial score (nSPS) is 13.0. The number of rotatable bonds is 10. The Morgan fingerprint density at radius 3 is 1.07 bits per heavy atom. The first-order valence-corrected chi connectivity index (χ1v) is 36.3. The van der Waals surface area contributed by atoms with Crippen molar-refractivity contribution in [2.24, 2.45) is 0 Å². The molecule has 7 heterocycles. The smallest absolute Gasteiger partial charge is 0.399 e. The molecule has 1 aliphatic heterocycles. The molecular weight excluding hydrogens is 1360 g/mol. The molecule has 506 valence electrons. The lowest BCUT2D eigenvalue weighted by Crippen LogP contribution is -2.41. The van der Waals surface area contributed by atoms with Gasteiger partial charge >= 0.3 is 7.12 Å². The van der Waals surface area contributed by atoms with Crippen LogP contribution in [0.25, 0.3) is 167 Å². The summed E-state index contributed by atoms with van der Waals surface area (Å²) in [5, 5.41) is 9.02. The van der Waals surface area contributed by atoms with E-state index in [-0.39, 0.29) is 18.3 Å². The Balaban J connectivity index is 0.000000124. The SMILES string of the molecule is Brc1ccc(-c2cc(-c3ccccc3)nc(-c3ccccc3)n2)c2ccccc12.CC1(C)OB(c2ccc(-c3ccc4ccc5cccnc5c4n3)cc2)OC1(C)C.c1ccc(-c2cc(-c3ccc(-c4ccc(-c5ccc6ccc7cccnc7c6n5)cc4)c4ccccc34)nc(-c3ccccc3)n2)cc1. The number of benzene rings is 12. The zero-order valence-electron chi connectivity index (χ0n) is 58.7. The molecule has 1 saturated heterocycles. The minimum absolute atomic E-state index is 0.343. The molecule has 6 aromatic heterocycles. The van der Waals surface area contributed by atoms with E-state index in [1.165, 1.54) is 21.7 Å². The van der Waals surface area contributed by atoms with Gasteiger partial charge in [-0.2, -0.15) is 0 Å². The third kappa shape index (κ3) is 13.4. The van der Waals surface area contributed by atoms with Crippen LogP contribution in [-0.4, -0.2) is 58.2 Å². The maximum absolute atomic E-state index is 6.16. The Morgan fingerprint density at radius 2 is 0.604 bits per heavy atom. The van der Waals surface area contributed by atoms with Gasteiger partial charge in [-0.15, -0.1) is 0 Å². The van der Waals surface area contributed by atoms with Crippen LogP contribution < -0.4 is 5.46 Å². The summed E-state index contributed by atoms with van der Waals surface area (Å²) >= 11 is 3.67. The number of hydrogen-bond acceptors (Lipinski definition) is 10. The van der Waals surface area contributed by atoms with Crippen LogP contribution >= 0.6 is 15.9 Å². The third-order valence-electron chi connectivity index (χ3n) is 20.1. The number of aromatic nitrogens is 8. The number of fused-ring (bicyclic) bond motifs is 8. The fraction of sp³-hybridized carbons (Fsp3) is 0.0638. The lowest BCUT2D eigenvalue weighted by Gasteiger charge is -2.32. The van der Waals surface area contributed by atoms with Crippen molar-refractivity contribution in [2.45, 2.75) is 38.9 Å². The molecule has 0 radical (unpaired) electrons. The van der Waals surface area contributed by atoms with Crippen LogP contribution in [-0.2, 0) is 9.31 Å². The minimum atomic E-state index is -0.355. The molecular formula is C94H68BBrN8O2. The first-order valence-electron chi connectivity index (χ1n) is 35.5. The molecule has 19 rings (SSSR count). The van der Waals surface area contributed by atoms with E-state index in [1.54, 1.807) is 0 Å². The van der Waals surface area contributed by atoms with Gasteiger partial charge in [0, 0.05) is 82.9 Å². The summed E-state index contributed by atoms with van der Waals surface area (Å²) in [4.78, 5) is 39.1.